The standard InChI is InChI=1S/C13H19N3O2S2/c1-20(17,18)12-9-19-7-6-16(12)8-10-2-4-11(5-3-10)13(14)15/h2-5,12H,6-9H2,1H3,(H3,14,15). The van der Waals surface area contributed by atoms with Crippen LogP contribution in [0.4, 0.5) is 0 Å². The van der Waals surface area contributed by atoms with Crippen molar-refractivity contribution in [3.8, 4) is 0 Å². The molecular formula is C13H19N3O2S2. The number of benzene rings is 1. The van der Waals surface area contributed by atoms with Crippen LogP contribution in [0.5, 0.6) is 0 Å². The summed E-state index contributed by atoms with van der Waals surface area (Å²) in [6.07, 6.45) is 1.30. The maximum absolute atomic E-state index is 11.8. The highest BCUT2D eigenvalue weighted by Crippen LogP contribution is 2.22. The fourth-order valence-corrected chi connectivity index (χ4v) is 5.16. The molecule has 0 aromatic heterocycles. The molecule has 1 unspecified atom stereocenters. The van der Waals surface area contributed by atoms with Crippen molar-refractivity contribution in [1.29, 1.82) is 5.41 Å². The summed E-state index contributed by atoms with van der Waals surface area (Å²) in [4.78, 5) is 2.01. The van der Waals surface area contributed by atoms with E-state index in [1.807, 2.05) is 17.0 Å². The summed E-state index contributed by atoms with van der Waals surface area (Å²) < 4.78 is 23.7. The largest absolute Gasteiger partial charge is 0.384 e. The first-order chi connectivity index (χ1) is 9.38. The van der Waals surface area contributed by atoms with Crippen LogP contribution in [0.15, 0.2) is 24.3 Å². The monoisotopic (exact) mass is 313 g/mol. The number of amidine groups is 1. The number of sulfone groups is 1. The van der Waals surface area contributed by atoms with Gasteiger partial charge in [-0.1, -0.05) is 24.3 Å². The second-order valence-electron chi connectivity index (χ2n) is 4.94. The molecule has 1 saturated heterocycles. The summed E-state index contributed by atoms with van der Waals surface area (Å²) >= 11 is 1.69. The third-order valence-electron chi connectivity index (χ3n) is 3.34. The molecule has 0 aliphatic carbocycles. The van der Waals surface area contributed by atoms with Gasteiger partial charge in [0.05, 0.1) is 0 Å². The molecule has 7 heteroatoms. The van der Waals surface area contributed by atoms with Gasteiger partial charge in [-0.3, -0.25) is 10.3 Å². The molecule has 5 nitrogen and oxygen atoms in total. The van der Waals surface area contributed by atoms with Gasteiger partial charge in [0.25, 0.3) is 0 Å². The van der Waals surface area contributed by atoms with Crippen molar-refractivity contribution in [1.82, 2.24) is 4.90 Å². The van der Waals surface area contributed by atoms with Crippen LogP contribution >= 0.6 is 11.8 Å². The van der Waals surface area contributed by atoms with E-state index in [0.717, 1.165) is 17.9 Å². The Hall–Kier alpha value is -1.05. The molecule has 0 spiro atoms. The van der Waals surface area contributed by atoms with Gasteiger partial charge in [0.2, 0.25) is 0 Å². The number of nitrogen functional groups attached to an aromatic ring is 1. The lowest BCUT2D eigenvalue weighted by Crippen LogP contribution is -2.46. The van der Waals surface area contributed by atoms with Gasteiger partial charge >= 0.3 is 0 Å². The Morgan fingerprint density at radius 1 is 1.45 bits per heavy atom. The van der Waals surface area contributed by atoms with Crippen LogP contribution in [0.2, 0.25) is 0 Å². The molecule has 1 fully saturated rings. The first kappa shape index (κ1) is 15.3. The van der Waals surface area contributed by atoms with Gasteiger partial charge in [-0.05, 0) is 5.56 Å². The summed E-state index contributed by atoms with van der Waals surface area (Å²) in [5.41, 5.74) is 7.14. The first-order valence-corrected chi connectivity index (χ1v) is 9.43. The molecule has 0 bridgehead atoms. The Morgan fingerprint density at radius 3 is 2.65 bits per heavy atom. The molecule has 1 aliphatic heterocycles. The van der Waals surface area contributed by atoms with Crippen LogP contribution < -0.4 is 5.73 Å². The van der Waals surface area contributed by atoms with Crippen LogP contribution in [0.1, 0.15) is 11.1 Å². The molecule has 0 amide bonds. The number of nitrogens with two attached hydrogens (primary N) is 1. The van der Waals surface area contributed by atoms with Crippen LogP contribution in [-0.2, 0) is 16.4 Å². The molecule has 1 aliphatic rings. The van der Waals surface area contributed by atoms with Crippen molar-refractivity contribution in [2.24, 2.45) is 5.73 Å². The zero-order chi connectivity index (χ0) is 14.8. The summed E-state index contributed by atoms with van der Waals surface area (Å²) in [5, 5.41) is 6.95. The number of nitrogens with one attached hydrogen (secondary N) is 1. The molecule has 1 aromatic carbocycles. The highest BCUT2D eigenvalue weighted by atomic mass is 32.2. The molecule has 0 radical (unpaired) electrons. The van der Waals surface area contributed by atoms with E-state index in [4.69, 9.17) is 11.1 Å². The van der Waals surface area contributed by atoms with Gasteiger partial charge in [-0.15, -0.1) is 0 Å². The Morgan fingerprint density at radius 2 is 2.10 bits per heavy atom. The predicted molar refractivity (Wildman–Crippen MR) is 83.8 cm³/mol. The summed E-state index contributed by atoms with van der Waals surface area (Å²) in [5.74, 6) is 1.63. The summed E-state index contributed by atoms with van der Waals surface area (Å²) in [6, 6.07) is 7.40. The zero-order valence-electron chi connectivity index (χ0n) is 11.4. The quantitative estimate of drug-likeness (QED) is 0.637. The Kier molecular flexibility index (Phi) is 4.72. The lowest BCUT2D eigenvalue weighted by atomic mass is 10.1. The lowest BCUT2D eigenvalue weighted by Gasteiger charge is -2.34. The van der Waals surface area contributed by atoms with Crippen molar-refractivity contribution in [2.45, 2.75) is 11.9 Å². The average molecular weight is 313 g/mol. The summed E-state index contributed by atoms with van der Waals surface area (Å²) in [6.45, 7) is 1.38. The first-order valence-electron chi connectivity index (χ1n) is 6.32. The third kappa shape index (κ3) is 3.74. The third-order valence-corrected chi connectivity index (χ3v) is 6.02. The topological polar surface area (TPSA) is 87.2 Å². The van der Waals surface area contributed by atoms with E-state index in [1.165, 1.54) is 6.26 Å². The Labute approximate surface area is 124 Å². The molecule has 110 valence electrons. The highest BCUT2D eigenvalue weighted by Gasteiger charge is 2.30. The van der Waals surface area contributed by atoms with E-state index in [2.05, 4.69) is 0 Å². The van der Waals surface area contributed by atoms with Gasteiger partial charge in [0.1, 0.15) is 11.2 Å². The number of thioether (sulfide) groups is 1. The van der Waals surface area contributed by atoms with Crippen molar-refractivity contribution < 1.29 is 8.42 Å². The molecule has 1 heterocycles. The lowest BCUT2D eigenvalue weighted by molar-refractivity contribution is 0.262. The van der Waals surface area contributed by atoms with Gasteiger partial charge < -0.3 is 5.73 Å². The fraction of sp³-hybridized carbons (Fsp3) is 0.462. The van der Waals surface area contributed by atoms with E-state index in [-0.39, 0.29) is 5.84 Å². The number of hydrogen-bond donors (Lipinski definition) is 2. The fourth-order valence-electron chi connectivity index (χ4n) is 2.21. The van der Waals surface area contributed by atoms with E-state index in [0.29, 0.717) is 17.9 Å². The molecule has 1 atom stereocenters. The number of rotatable bonds is 4. The smallest absolute Gasteiger partial charge is 0.164 e. The van der Waals surface area contributed by atoms with Crippen molar-refractivity contribution in [3.05, 3.63) is 35.4 Å². The van der Waals surface area contributed by atoms with Gasteiger partial charge in [0, 0.05) is 36.4 Å². The van der Waals surface area contributed by atoms with E-state index < -0.39 is 15.2 Å². The molecule has 2 rings (SSSR count). The Bertz CT molecular complexity index is 584. The molecule has 1 aromatic rings. The number of nitrogens with zero attached hydrogens (tertiary/aromatic N) is 1. The SMILES string of the molecule is CS(=O)(=O)C1CSCCN1Cc1ccc(C(=N)N)cc1. The molecule has 3 N–H and O–H groups in total. The molecule has 0 saturated carbocycles. The Balaban J connectivity index is 2.12. The minimum atomic E-state index is -3.07. The van der Waals surface area contributed by atoms with E-state index in [1.54, 1.807) is 23.9 Å². The molecule has 20 heavy (non-hydrogen) atoms. The van der Waals surface area contributed by atoms with Crippen LogP contribution in [0, 0.1) is 5.41 Å². The van der Waals surface area contributed by atoms with E-state index >= 15 is 0 Å². The average Bonchev–Trinajstić information content (AvgIpc) is 2.38. The predicted octanol–water partition coefficient (Wildman–Crippen LogP) is 0.890. The van der Waals surface area contributed by atoms with Crippen LogP contribution in [-0.4, -0.2) is 48.8 Å². The zero-order valence-corrected chi connectivity index (χ0v) is 13.0. The minimum absolute atomic E-state index is 0.0416. The highest BCUT2D eigenvalue weighted by molar-refractivity contribution is 8.00. The van der Waals surface area contributed by atoms with Crippen molar-refractivity contribution in [3.63, 3.8) is 0 Å². The maximum atomic E-state index is 11.8. The second kappa shape index (κ2) is 6.15. The van der Waals surface area contributed by atoms with Crippen LogP contribution in [0.25, 0.3) is 0 Å². The number of hydrogen-bond acceptors (Lipinski definition) is 5. The minimum Gasteiger partial charge on any atom is -0.384 e. The van der Waals surface area contributed by atoms with E-state index in [9.17, 15) is 8.42 Å². The van der Waals surface area contributed by atoms with Crippen LogP contribution in [0.3, 0.4) is 0 Å². The van der Waals surface area contributed by atoms with Gasteiger partial charge in [0.15, 0.2) is 9.84 Å². The van der Waals surface area contributed by atoms with Gasteiger partial charge in [-0.25, -0.2) is 8.42 Å². The molecular weight excluding hydrogens is 294 g/mol. The normalized spacial score (nSPS) is 20.8. The maximum Gasteiger partial charge on any atom is 0.164 e. The van der Waals surface area contributed by atoms with Crippen molar-refractivity contribution in [2.75, 3.05) is 24.3 Å². The second-order valence-corrected chi connectivity index (χ2v) is 8.29. The van der Waals surface area contributed by atoms with Crippen molar-refractivity contribution >= 4 is 27.4 Å². The summed E-state index contributed by atoms with van der Waals surface area (Å²) in [7, 11) is -3.07. The van der Waals surface area contributed by atoms with Gasteiger partial charge in [-0.2, -0.15) is 11.8 Å².